The molecule has 1 amide bonds. The minimum absolute atomic E-state index is 0.0992. The van der Waals surface area contributed by atoms with Gasteiger partial charge < -0.3 is 15.8 Å². The molecule has 0 saturated heterocycles. The lowest BCUT2D eigenvalue weighted by atomic mass is 10.1. The maximum Gasteiger partial charge on any atom is 0.242 e. The number of nitrogens with zero attached hydrogens (tertiary/aromatic N) is 3. The summed E-state index contributed by atoms with van der Waals surface area (Å²) in [4.78, 5) is 15.5. The van der Waals surface area contributed by atoms with Crippen molar-refractivity contribution in [2.75, 3.05) is 12.8 Å². The van der Waals surface area contributed by atoms with Crippen LogP contribution in [0.15, 0.2) is 30.6 Å². The molecule has 0 aliphatic heterocycles. The van der Waals surface area contributed by atoms with E-state index in [0.29, 0.717) is 13.2 Å². The highest BCUT2D eigenvalue weighted by Crippen LogP contribution is 2.06. The van der Waals surface area contributed by atoms with E-state index >= 15 is 0 Å². The second kappa shape index (κ2) is 6.67. The number of benzene rings is 1. The third-order valence-corrected chi connectivity index (χ3v) is 2.65. The molecule has 20 heavy (non-hydrogen) atoms. The largest absolute Gasteiger partial charge is 0.380 e. The number of ether oxygens (including phenoxy) is 1. The molecule has 1 aromatic heterocycles. The van der Waals surface area contributed by atoms with Crippen molar-refractivity contribution in [2.45, 2.75) is 19.7 Å². The van der Waals surface area contributed by atoms with Gasteiger partial charge in [-0.2, -0.15) is 0 Å². The lowest BCUT2D eigenvalue weighted by molar-refractivity contribution is -0.122. The van der Waals surface area contributed by atoms with Gasteiger partial charge >= 0.3 is 0 Å². The van der Waals surface area contributed by atoms with Gasteiger partial charge in [0.1, 0.15) is 12.9 Å². The lowest BCUT2D eigenvalue weighted by Crippen LogP contribution is -2.27. The Morgan fingerprint density at radius 3 is 2.95 bits per heavy atom. The molecule has 2 rings (SSSR count). The van der Waals surface area contributed by atoms with Crippen molar-refractivity contribution in [1.82, 2.24) is 20.1 Å². The molecule has 0 fully saturated rings. The molecule has 0 atom stereocenters. The van der Waals surface area contributed by atoms with Crippen LogP contribution in [-0.4, -0.2) is 27.8 Å². The fourth-order valence-electron chi connectivity index (χ4n) is 1.78. The minimum atomic E-state index is -0.146. The summed E-state index contributed by atoms with van der Waals surface area (Å²) in [6, 6.07) is 7.87. The zero-order chi connectivity index (χ0) is 14.4. The van der Waals surface area contributed by atoms with Gasteiger partial charge in [-0.15, -0.1) is 5.10 Å². The Labute approximate surface area is 116 Å². The fraction of sp³-hybridized carbons (Fsp3) is 0.308. The highest BCUT2D eigenvalue weighted by Gasteiger charge is 2.04. The SMILES string of the molecule is COCc1cccc(CNC(=O)Cn2cnc(N)n2)c1. The van der Waals surface area contributed by atoms with Crippen LogP contribution in [0.4, 0.5) is 5.95 Å². The van der Waals surface area contributed by atoms with E-state index in [9.17, 15) is 4.79 Å². The lowest BCUT2D eigenvalue weighted by Gasteiger charge is -2.07. The van der Waals surface area contributed by atoms with Gasteiger partial charge in [0.05, 0.1) is 6.61 Å². The van der Waals surface area contributed by atoms with E-state index < -0.39 is 0 Å². The van der Waals surface area contributed by atoms with E-state index in [-0.39, 0.29) is 18.4 Å². The van der Waals surface area contributed by atoms with E-state index in [1.54, 1.807) is 7.11 Å². The number of rotatable bonds is 6. The summed E-state index contributed by atoms with van der Waals surface area (Å²) < 4.78 is 6.47. The Bertz CT molecular complexity index is 582. The van der Waals surface area contributed by atoms with E-state index in [1.807, 2.05) is 24.3 Å². The van der Waals surface area contributed by atoms with Crippen molar-refractivity contribution in [1.29, 1.82) is 0 Å². The van der Waals surface area contributed by atoms with Gasteiger partial charge in [-0.05, 0) is 11.1 Å². The van der Waals surface area contributed by atoms with Crippen LogP contribution >= 0.6 is 0 Å². The van der Waals surface area contributed by atoms with Crippen molar-refractivity contribution in [2.24, 2.45) is 0 Å². The highest BCUT2D eigenvalue weighted by molar-refractivity contribution is 5.75. The minimum Gasteiger partial charge on any atom is -0.380 e. The molecule has 106 valence electrons. The monoisotopic (exact) mass is 275 g/mol. The number of carbonyl (C=O) groups is 1. The first-order valence-corrected chi connectivity index (χ1v) is 6.16. The Morgan fingerprint density at radius 2 is 2.25 bits per heavy atom. The number of nitrogen functional groups attached to an aromatic ring is 1. The van der Waals surface area contributed by atoms with Crippen LogP contribution in [0.2, 0.25) is 0 Å². The summed E-state index contributed by atoms with van der Waals surface area (Å²) >= 11 is 0. The quantitative estimate of drug-likeness (QED) is 0.791. The second-order valence-corrected chi connectivity index (χ2v) is 4.33. The van der Waals surface area contributed by atoms with E-state index in [1.165, 1.54) is 11.0 Å². The molecular formula is C13H17N5O2. The third kappa shape index (κ3) is 4.06. The molecule has 1 aromatic carbocycles. The van der Waals surface area contributed by atoms with Crippen molar-refractivity contribution in [3.8, 4) is 0 Å². The van der Waals surface area contributed by atoms with Crippen molar-refractivity contribution >= 4 is 11.9 Å². The normalized spacial score (nSPS) is 10.4. The van der Waals surface area contributed by atoms with E-state index in [2.05, 4.69) is 15.4 Å². The Balaban J connectivity index is 1.85. The molecule has 0 aliphatic carbocycles. The van der Waals surface area contributed by atoms with Crippen LogP contribution in [0.1, 0.15) is 11.1 Å². The third-order valence-electron chi connectivity index (χ3n) is 2.65. The number of anilines is 1. The van der Waals surface area contributed by atoms with Crippen LogP contribution in [0.3, 0.4) is 0 Å². The number of nitrogens with two attached hydrogens (primary N) is 1. The average molecular weight is 275 g/mol. The summed E-state index contributed by atoms with van der Waals surface area (Å²) in [5.41, 5.74) is 7.47. The predicted octanol–water partition coefficient (Wildman–Crippen LogP) is 0.323. The van der Waals surface area contributed by atoms with Crippen LogP contribution in [0, 0.1) is 0 Å². The molecular weight excluding hydrogens is 258 g/mol. The Hall–Kier alpha value is -2.41. The summed E-state index contributed by atoms with van der Waals surface area (Å²) in [7, 11) is 1.65. The van der Waals surface area contributed by atoms with Gasteiger partial charge in [0.15, 0.2) is 0 Å². The number of methoxy groups -OCH3 is 1. The number of aromatic nitrogens is 3. The first kappa shape index (κ1) is 14.0. The smallest absolute Gasteiger partial charge is 0.242 e. The van der Waals surface area contributed by atoms with Crippen LogP contribution in [0.5, 0.6) is 0 Å². The maximum atomic E-state index is 11.7. The molecule has 0 bridgehead atoms. The number of amides is 1. The van der Waals surface area contributed by atoms with Crippen molar-refractivity contribution in [3.05, 3.63) is 41.7 Å². The number of carbonyl (C=O) groups excluding carboxylic acids is 1. The van der Waals surface area contributed by atoms with Crippen LogP contribution in [-0.2, 0) is 29.2 Å². The molecule has 0 aliphatic rings. The van der Waals surface area contributed by atoms with Gasteiger partial charge in [0.25, 0.3) is 0 Å². The maximum absolute atomic E-state index is 11.7. The summed E-state index contributed by atoms with van der Waals surface area (Å²) in [5.74, 6) is 0.0112. The topological polar surface area (TPSA) is 95.1 Å². The number of nitrogens with one attached hydrogen (secondary N) is 1. The molecule has 0 radical (unpaired) electrons. The highest BCUT2D eigenvalue weighted by atomic mass is 16.5. The average Bonchev–Trinajstić information content (AvgIpc) is 2.83. The summed E-state index contributed by atoms with van der Waals surface area (Å²) in [6.07, 6.45) is 1.42. The number of hydrogen-bond acceptors (Lipinski definition) is 5. The zero-order valence-electron chi connectivity index (χ0n) is 11.2. The molecule has 0 spiro atoms. The first-order chi connectivity index (χ1) is 9.67. The Morgan fingerprint density at radius 1 is 1.45 bits per heavy atom. The van der Waals surface area contributed by atoms with Crippen LogP contribution < -0.4 is 11.1 Å². The van der Waals surface area contributed by atoms with Crippen molar-refractivity contribution in [3.63, 3.8) is 0 Å². The first-order valence-electron chi connectivity index (χ1n) is 6.16. The molecule has 1 heterocycles. The van der Waals surface area contributed by atoms with Gasteiger partial charge in [-0.1, -0.05) is 24.3 Å². The van der Waals surface area contributed by atoms with Crippen molar-refractivity contribution < 1.29 is 9.53 Å². The molecule has 0 unspecified atom stereocenters. The molecule has 0 saturated carbocycles. The second-order valence-electron chi connectivity index (χ2n) is 4.33. The predicted molar refractivity (Wildman–Crippen MR) is 73.4 cm³/mol. The van der Waals surface area contributed by atoms with Gasteiger partial charge in [-0.3, -0.25) is 4.79 Å². The van der Waals surface area contributed by atoms with E-state index in [0.717, 1.165) is 11.1 Å². The van der Waals surface area contributed by atoms with Gasteiger partial charge in [-0.25, -0.2) is 9.67 Å². The van der Waals surface area contributed by atoms with Gasteiger partial charge in [0.2, 0.25) is 11.9 Å². The zero-order valence-corrected chi connectivity index (χ0v) is 11.2. The van der Waals surface area contributed by atoms with E-state index in [4.69, 9.17) is 10.5 Å². The molecule has 3 N–H and O–H groups in total. The molecule has 7 heteroatoms. The fourth-order valence-corrected chi connectivity index (χ4v) is 1.78. The standard InChI is InChI=1S/C13H17N5O2/c1-20-8-11-4-2-3-10(5-11)6-15-12(19)7-18-9-16-13(14)17-18/h2-5,9H,6-8H2,1H3,(H2,14,17)(H,15,19). The number of hydrogen-bond donors (Lipinski definition) is 2. The summed E-state index contributed by atoms with van der Waals surface area (Å²) in [5, 5.41) is 6.67. The molecule has 7 nitrogen and oxygen atoms in total. The van der Waals surface area contributed by atoms with Gasteiger partial charge in [0, 0.05) is 13.7 Å². The van der Waals surface area contributed by atoms with Crippen LogP contribution in [0.25, 0.3) is 0 Å². The molecule has 2 aromatic rings. The summed E-state index contributed by atoms with van der Waals surface area (Å²) in [6.45, 7) is 1.11. The Kier molecular flexibility index (Phi) is 4.67.